The molecule has 8 aromatic rings. The molecule has 0 saturated heterocycles. The van der Waals surface area contributed by atoms with Gasteiger partial charge in [-0.1, -0.05) is 146 Å². The summed E-state index contributed by atoms with van der Waals surface area (Å²) in [5.74, 6) is 0.981. The molecule has 61 heavy (non-hydrogen) atoms. The predicted molar refractivity (Wildman–Crippen MR) is 257 cm³/mol. The van der Waals surface area contributed by atoms with Gasteiger partial charge in [0, 0.05) is 55.7 Å². The first-order valence-electron chi connectivity index (χ1n) is 21.6. The van der Waals surface area contributed by atoms with Gasteiger partial charge in [0.1, 0.15) is 0 Å². The number of hydrogen-bond acceptors (Lipinski definition) is 2. The Morgan fingerprint density at radius 2 is 1.20 bits per heavy atom. The van der Waals surface area contributed by atoms with Gasteiger partial charge in [-0.05, 0) is 131 Å². The summed E-state index contributed by atoms with van der Waals surface area (Å²) in [4.78, 5) is 3.72. The Morgan fingerprint density at radius 1 is 0.574 bits per heavy atom. The maximum absolute atomic E-state index is 2.70. The van der Waals surface area contributed by atoms with Crippen LogP contribution in [0.15, 0.2) is 229 Å². The van der Waals surface area contributed by atoms with Crippen molar-refractivity contribution in [2.24, 2.45) is 11.8 Å². The molecular formula is C58H44N2S. The SMILES string of the molecule is C1=CC(C2=CC3c4cc(-c5ccc(N(c6ccccc6)c6ccccc6)cc5)ccc4SC3c3c2n(-c2ccccc2)c2ccc(-c4ccccc4)cc32)C2CCC=CC2=C1. The number of rotatable bonds is 7. The summed E-state index contributed by atoms with van der Waals surface area (Å²) in [6.45, 7) is 0. The van der Waals surface area contributed by atoms with E-state index >= 15 is 0 Å². The highest BCUT2D eigenvalue weighted by atomic mass is 32.2. The van der Waals surface area contributed by atoms with Gasteiger partial charge in [-0.3, -0.25) is 0 Å². The Bertz CT molecular complexity index is 3010. The molecule has 7 aromatic carbocycles. The summed E-state index contributed by atoms with van der Waals surface area (Å²) >= 11 is 2.06. The molecule has 292 valence electrons. The Morgan fingerprint density at radius 3 is 1.93 bits per heavy atom. The van der Waals surface area contributed by atoms with Crippen LogP contribution in [0.25, 0.3) is 44.4 Å². The number of fused-ring (bicyclic) bond motifs is 8. The zero-order valence-electron chi connectivity index (χ0n) is 33.8. The van der Waals surface area contributed by atoms with Crippen LogP contribution < -0.4 is 4.90 Å². The first-order valence-corrected chi connectivity index (χ1v) is 22.5. The van der Waals surface area contributed by atoms with Crippen molar-refractivity contribution < 1.29 is 0 Å². The topological polar surface area (TPSA) is 8.17 Å². The molecule has 0 saturated carbocycles. The van der Waals surface area contributed by atoms with E-state index in [2.05, 4.69) is 240 Å². The molecule has 0 fully saturated rings. The lowest BCUT2D eigenvalue weighted by Crippen LogP contribution is -2.24. The summed E-state index contributed by atoms with van der Waals surface area (Å²) < 4.78 is 2.59. The minimum Gasteiger partial charge on any atom is -0.311 e. The molecule has 1 aromatic heterocycles. The number of nitrogens with zero attached hydrogens (tertiary/aromatic N) is 2. The largest absolute Gasteiger partial charge is 0.311 e. The van der Waals surface area contributed by atoms with Crippen LogP contribution in [0.2, 0.25) is 0 Å². The molecule has 0 N–H and O–H groups in total. The van der Waals surface area contributed by atoms with Crippen molar-refractivity contribution in [3.05, 3.63) is 241 Å². The fraction of sp³-hybridized carbons (Fsp3) is 0.103. The standard InChI is InChI=1S/C58H44N2S/c1-5-16-39(17-6-1)42-30-34-54-53(37-42)56-57(60(54)46-24-11-4-12-25-46)51(49-27-15-19-41-18-13-14-26-48(41)49)38-52-50-36-43(31-35-55(50)61-58(52)56)40-28-32-47(33-29-40)59(44-20-7-2-8-21-44)45-22-9-3-10-23-45/h1-13,15-25,27-38,48-49,52,58H,14,26H2. The molecule has 4 atom stereocenters. The molecule has 0 bridgehead atoms. The van der Waals surface area contributed by atoms with Crippen molar-refractivity contribution in [1.29, 1.82) is 0 Å². The van der Waals surface area contributed by atoms with E-state index in [9.17, 15) is 0 Å². The van der Waals surface area contributed by atoms with Crippen molar-refractivity contribution in [3.8, 4) is 27.9 Å². The second-order valence-corrected chi connectivity index (χ2v) is 17.9. The van der Waals surface area contributed by atoms with Gasteiger partial charge in [0.2, 0.25) is 0 Å². The first-order chi connectivity index (χ1) is 30.3. The number of para-hydroxylation sites is 3. The zero-order chi connectivity index (χ0) is 40.3. The Hall–Kier alpha value is -6.81. The molecule has 0 spiro atoms. The second kappa shape index (κ2) is 15.0. The summed E-state index contributed by atoms with van der Waals surface area (Å²) in [5, 5.41) is 1.61. The van der Waals surface area contributed by atoms with Crippen molar-refractivity contribution in [1.82, 2.24) is 4.57 Å². The lowest BCUT2D eigenvalue weighted by Gasteiger charge is -2.36. The van der Waals surface area contributed by atoms with Gasteiger partial charge in [-0.25, -0.2) is 0 Å². The minimum atomic E-state index is 0.241. The van der Waals surface area contributed by atoms with Gasteiger partial charge >= 0.3 is 0 Å². The quantitative estimate of drug-likeness (QED) is 0.159. The summed E-state index contributed by atoms with van der Waals surface area (Å²) in [7, 11) is 0. The number of anilines is 3. The number of thioether (sulfide) groups is 1. The van der Waals surface area contributed by atoms with E-state index in [0.29, 0.717) is 5.92 Å². The molecule has 12 rings (SSSR count). The van der Waals surface area contributed by atoms with Crippen LogP contribution in [0.4, 0.5) is 17.1 Å². The highest BCUT2D eigenvalue weighted by Crippen LogP contribution is 2.63. The van der Waals surface area contributed by atoms with E-state index in [-0.39, 0.29) is 17.1 Å². The number of hydrogen-bond donors (Lipinski definition) is 0. The van der Waals surface area contributed by atoms with Crippen LogP contribution in [-0.4, -0.2) is 4.57 Å². The maximum atomic E-state index is 2.70. The summed E-state index contributed by atoms with van der Waals surface area (Å²) in [5.41, 5.74) is 18.1. The number of aromatic nitrogens is 1. The van der Waals surface area contributed by atoms with Gasteiger partial charge in [0.25, 0.3) is 0 Å². The third-order valence-corrected chi connectivity index (χ3v) is 14.7. The Labute approximate surface area is 362 Å². The molecule has 3 heteroatoms. The van der Waals surface area contributed by atoms with E-state index in [1.807, 2.05) is 0 Å². The first kappa shape index (κ1) is 36.1. The molecular weight excluding hydrogens is 757 g/mol. The van der Waals surface area contributed by atoms with E-state index in [1.165, 1.54) is 78.1 Å². The minimum absolute atomic E-state index is 0.241. The van der Waals surface area contributed by atoms with Crippen LogP contribution in [0.1, 0.15) is 40.8 Å². The van der Waals surface area contributed by atoms with Crippen molar-refractivity contribution in [2.45, 2.75) is 28.9 Å². The van der Waals surface area contributed by atoms with Crippen molar-refractivity contribution in [2.75, 3.05) is 4.90 Å². The highest BCUT2D eigenvalue weighted by Gasteiger charge is 2.44. The maximum Gasteiger partial charge on any atom is 0.0547 e. The van der Waals surface area contributed by atoms with Crippen LogP contribution in [0.3, 0.4) is 0 Å². The lowest BCUT2D eigenvalue weighted by atomic mass is 9.69. The molecule has 2 nitrogen and oxygen atoms in total. The summed E-state index contributed by atoms with van der Waals surface area (Å²) in [6, 6.07) is 66.8. The third-order valence-electron chi connectivity index (χ3n) is 13.3. The second-order valence-electron chi connectivity index (χ2n) is 16.7. The van der Waals surface area contributed by atoms with Crippen molar-refractivity contribution >= 4 is 45.3 Å². The molecule has 0 radical (unpaired) electrons. The molecule has 0 amide bonds. The average molecular weight is 801 g/mol. The lowest BCUT2D eigenvalue weighted by molar-refractivity contribution is 0.490. The van der Waals surface area contributed by atoms with Gasteiger partial charge in [-0.2, -0.15) is 0 Å². The van der Waals surface area contributed by atoms with E-state index in [0.717, 1.165) is 23.5 Å². The fourth-order valence-corrected chi connectivity index (χ4v) is 11.9. The highest BCUT2D eigenvalue weighted by molar-refractivity contribution is 8.00. The number of benzene rings is 7. The van der Waals surface area contributed by atoms with Crippen LogP contribution in [-0.2, 0) is 0 Å². The predicted octanol–water partition coefficient (Wildman–Crippen LogP) is 15.8. The number of allylic oxidation sites excluding steroid dienone is 8. The van der Waals surface area contributed by atoms with Crippen LogP contribution in [0.5, 0.6) is 0 Å². The van der Waals surface area contributed by atoms with E-state index < -0.39 is 0 Å². The molecule has 2 heterocycles. The van der Waals surface area contributed by atoms with E-state index in [4.69, 9.17) is 0 Å². The monoisotopic (exact) mass is 800 g/mol. The normalized spacial score (nSPS) is 19.7. The van der Waals surface area contributed by atoms with Gasteiger partial charge in [-0.15, -0.1) is 11.8 Å². The third kappa shape index (κ3) is 6.18. The Balaban J connectivity index is 1.01. The zero-order valence-corrected chi connectivity index (χ0v) is 34.6. The van der Waals surface area contributed by atoms with Gasteiger partial charge < -0.3 is 9.47 Å². The van der Waals surface area contributed by atoms with Crippen LogP contribution in [0, 0.1) is 11.8 Å². The fourth-order valence-electron chi connectivity index (χ4n) is 10.5. The summed E-state index contributed by atoms with van der Waals surface area (Å²) in [6.07, 6.45) is 16.9. The van der Waals surface area contributed by atoms with Crippen molar-refractivity contribution in [3.63, 3.8) is 0 Å². The van der Waals surface area contributed by atoms with E-state index in [1.54, 1.807) is 0 Å². The molecule has 4 aliphatic rings. The average Bonchev–Trinajstić information content (AvgIpc) is 3.88. The smallest absolute Gasteiger partial charge is 0.0547 e. The molecule has 1 aliphatic heterocycles. The van der Waals surface area contributed by atoms with Gasteiger partial charge in [0.15, 0.2) is 0 Å². The Kier molecular flexibility index (Phi) is 8.89. The molecule has 4 unspecified atom stereocenters. The molecule has 3 aliphatic carbocycles. The van der Waals surface area contributed by atoms with Gasteiger partial charge in [0.05, 0.1) is 11.2 Å². The van der Waals surface area contributed by atoms with Crippen LogP contribution >= 0.6 is 11.8 Å².